The highest BCUT2D eigenvalue weighted by Gasteiger charge is 2.20. The van der Waals surface area contributed by atoms with E-state index in [-0.39, 0.29) is 17.4 Å². The second-order valence-corrected chi connectivity index (χ2v) is 8.19. The van der Waals surface area contributed by atoms with Crippen molar-refractivity contribution in [3.05, 3.63) is 70.8 Å². The van der Waals surface area contributed by atoms with Crippen LogP contribution < -0.4 is 5.32 Å². The Bertz CT molecular complexity index is 740. The number of benzene rings is 2. The van der Waals surface area contributed by atoms with Gasteiger partial charge in [-0.1, -0.05) is 76.6 Å². The number of hydrogen-bond acceptors (Lipinski definition) is 2. The van der Waals surface area contributed by atoms with Crippen molar-refractivity contribution in [1.82, 2.24) is 10.2 Å². The van der Waals surface area contributed by atoms with E-state index in [0.717, 1.165) is 24.2 Å². The van der Waals surface area contributed by atoms with Gasteiger partial charge < -0.3 is 5.32 Å². The van der Waals surface area contributed by atoms with Crippen LogP contribution >= 0.6 is 0 Å². The minimum Gasteiger partial charge on any atom is -0.350 e. The van der Waals surface area contributed by atoms with Crippen molar-refractivity contribution in [2.24, 2.45) is 0 Å². The summed E-state index contributed by atoms with van der Waals surface area (Å²) in [7, 11) is 0. The van der Waals surface area contributed by atoms with E-state index >= 15 is 0 Å². The number of likely N-dealkylation sites (N-methyl/N-ethyl adjacent to an activating group) is 1. The molecule has 0 heterocycles. The van der Waals surface area contributed by atoms with Gasteiger partial charge in [0, 0.05) is 12.1 Å². The SMILES string of the molecule is CCN(CC)[C@H](CNC(=O)c1cccc(C)c1)c1ccc(C(C)(C)C)cc1. The molecule has 27 heavy (non-hydrogen) atoms. The minimum absolute atomic E-state index is 0.0119. The summed E-state index contributed by atoms with van der Waals surface area (Å²) >= 11 is 0. The molecule has 0 aliphatic carbocycles. The van der Waals surface area contributed by atoms with Crippen molar-refractivity contribution in [3.63, 3.8) is 0 Å². The van der Waals surface area contributed by atoms with Crippen LogP contribution in [0, 0.1) is 6.92 Å². The van der Waals surface area contributed by atoms with Crippen molar-refractivity contribution in [1.29, 1.82) is 0 Å². The number of carbonyl (C=O) groups is 1. The fourth-order valence-corrected chi connectivity index (χ4v) is 3.41. The monoisotopic (exact) mass is 366 g/mol. The first kappa shape index (κ1) is 21.2. The fraction of sp³-hybridized carbons (Fsp3) is 0.458. The summed E-state index contributed by atoms with van der Waals surface area (Å²) in [6.07, 6.45) is 0. The molecule has 0 saturated carbocycles. The maximum atomic E-state index is 12.6. The summed E-state index contributed by atoms with van der Waals surface area (Å²) in [4.78, 5) is 15.0. The zero-order chi connectivity index (χ0) is 20.0. The molecule has 0 unspecified atom stereocenters. The Labute approximate surface area is 164 Å². The van der Waals surface area contributed by atoms with Crippen LogP contribution in [-0.4, -0.2) is 30.4 Å². The molecule has 1 N–H and O–H groups in total. The van der Waals surface area contributed by atoms with Crippen molar-refractivity contribution in [2.45, 2.75) is 53.0 Å². The van der Waals surface area contributed by atoms with Gasteiger partial charge in [0.15, 0.2) is 0 Å². The molecular formula is C24H34N2O. The lowest BCUT2D eigenvalue weighted by Gasteiger charge is -2.31. The third-order valence-corrected chi connectivity index (χ3v) is 5.15. The first-order valence-corrected chi connectivity index (χ1v) is 9.95. The Morgan fingerprint density at radius 1 is 1.04 bits per heavy atom. The first-order valence-electron chi connectivity index (χ1n) is 9.95. The molecular weight excluding hydrogens is 332 g/mol. The van der Waals surface area contributed by atoms with Crippen LogP contribution in [0.15, 0.2) is 48.5 Å². The normalized spacial score (nSPS) is 12.9. The lowest BCUT2D eigenvalue weighted by atomic mass is 9.86. The third kappa shape index (κ3) is 5.67. The van der Waals surface area contributed by atoms with Gasteiger partial charge in [-0.3, -0.25) is 9.69 Å². The largest absolute Gasteiger partial charge is 0.350 e. The molecule has 1 amide bonds. The van der Waals surface area contributed by atoms with Crippen LogP contribution in [0.3, 0.4) is 0 Å². The van der Waals surface area contributed by atoms with Crippen molar-refractivity contribution < 1.29 is 4.79 Å². The Balaban J connectivity index is 2.18. The maximum absolute atomic E-state index is 12.6. The van der Waals surface area contributed by atoms with E-state index in [9.17, 15) is 4.79 Å². The summed E-state index contributed by atoms with van der Waals surface area (Å²) in [5, 5.41) is 3.14. The predicted octanol–water partition coefficient (Wildman–Crippen LogP) is 5.11. The van der Waals surface area contributed by atoms with Crippen molar-refractivity contribution >= 4 is 5.91 Å². The van der Waals surface area contributed by atoms with Crippen LogP contribution in [0.4, 0.5) is 0 Å². The molecule has 0 aliphatic heterocycles. The molecule has 3 nitrogen and oxygen atoms in total. The van der Waals surface area contributed by atoms with Gasteiger partial charge in [-0.05, 0) is 48.7 Å². The molecule has 0 aromatic heterocycles. The molecule has 0 bridgehead atoms. The fourth-order valence-electron chi connectivity index (χ4n) is 3.41. The second kappa shape index (κ2) is 9.18. The predicted molar refractivity (Wildman–Crippen MR) is 114 cm³/mol. The van der Waals surface area contributed by atoms with Gasteiger partial charge in [0.05, 0.1) is 6.04 Å². The number of rotatable bonds is 7. The Kier molecular flexibility index (Phi) is 7.20. The van der Waals surface area contributed by atoms with E-state index in [1.807, 2.05) is 31.2 Å². The second-order valence-electron chi connectivity index (χ2n) is 8.19. The Hall–Kier alpha value is -2.13. The molecule has 0 spiro atoms. The van der Waals surface area contributed by atoms with Crippen LogP contribution in [0.1, 0.15) is 67.7 Å². The highest BCUT2D eigenvalue weighted by Crippen LogP contribution is 2.26. The van der Waals surface area contributed by atoms with E-state index in [4.69, 9.17) is 0 Å². The molecule has 0 aliphatic rings. The molecule has 0 fully saturated rings. The molecule has 0 saturated heterocycles. The number of hydrogen-bond donors (Lipinski definition) is 1. The van der Waals surface area contributed by atoms with Crippen molar-refractivity contribution in [2.75, 3.05) is 19.6 Å². The van der Waals surface area contributed by atoms with Gasteiger partial charge in [-0.25, -0.2) is 0 Å². The quantitative estimate of drug-likeness (QED) is 0.739. The zero-order valence-corrected chi connectivity index (χ0v) is 17.7. The van der Waals surface area contributed by atoms with Crippen molar-refractivity contribution in [3.8, 4) is 0 Å². The topological polar surface area (TPSA) is 32.3 Å². The lowest BCUT2D eigenvalue weighted by molar-refractivity contribution is 0.0935. The van der Waals surface area contributed by atoms with Crippen LogP contribution in [0.25, 0.3) is 0 Å². The highest BCUT2D eigenvalue weighted by molar-refractivity contribution is 5.94. The van der Waals surface area contributed by atoms with Gasteiger partial charge >= 0.3 is 0 Å². The summed E-state index contributed by atoms with van der Waals surface area (Å²) in [6, 6.07) is 16.8. The zero-order valence-electron chi connectivity index (χ0n) is 17.7. The molecule has 146 valence electrons. The average molecular weight is 367 g/mol. The van der Waals surface area contributed by atoms with Gasteiger partial charge in [-0.2, -0.15) is 0 Å². The molecule has 2 aromatic carbocycles. The Morgan fingerprint density at radius 2 is 1.67 bits per heavy atom. The number of nitrogens with one attached hydrogen (secondary N) is 1. The number of carbonyl (C=O) groups excluding carboxylic acids is 1. The van der Waals surface area contributed by atoms with Gasteiger partial charge in [-0.15, -0.1) is 0 Å². The number of nitrogens with zero attached hydrogens (tertiary/aromatic N) is 1. The minimum atomic E-state index is -0.0119. The van der Waals surface area contributed by atoms with E-state index in [1.165, 1.54) is 11.1 Å². The summed E-state index contributed by atoms with van der Waals surface area (Å²) in [6.45, 7) is 15.5. The molecule has 0 radical (unpaired) electrons. The van der Waals surface area contributed by atoms with Gasteiger partial charge in [0.1, 0.15) is 0 Å². The smallest absolute Gasteiger partial charge is 0.251 e. The summed E-state index contributed by atoms with van der Waals surface area (Å²) in [5.74, 6) is -0.0119. The number of amides is 1. The van der Waals surface area contributed by atoms with Crippen LogP contribution in [-0.2, 0) is 5.41 Å². The maximum Gasteiger partial charge on any atom is 0.251 e. The summed E-state index contributed by atoms with van der Waals surface area (Å²) < 4.78 is 0. The molecule has 1 atom stereocenters. The molecule has 3 heteroatoms. The average Bonchev–Trinajstić information content (AvgIpc) is 2.64. The van der Waals surface area contributed by atoms with Gasteiger partial charge in [0.2, 0.25) is 0 Å². The third-order valence-electron chi connectivity index (χ3n) is 5.15. The Morgan fingerprint density at radius 3 is 2.19 bits per heavy atom. The lowest BCUT2D eigenvalue weighted by Crippen LogP contribution is -2.38. The van der Waals surface area contributed by atoms with Gasteiger partial charge in [0.25, 0.3) is 5.91 Å². The first-order chi connectivity index (χ1) is 12.8. The molecule has 2 aromatic rings. The summed E-state index contributed by atoms with van der Waals surface area (Å²) in [5.41, 5.74) is 4.53. The van der Waals surface area contributed by atoms with Crippen LogP contribution in [0.2, 0.25) is 0 Å². The standard InChI is InChI=1S/C24H34N2O/c1-7-26(8-2)22(19-12-14-21(15-13-19)24(4,5)6)17-25-23(27)20-11-9-10-18(3)16-20/h9-16,22H,7-8,17H2,1-6H3,(H,25,27)/t22-/m1/s1. The highest BCUT2D eigenvalue weighted by atomic mass is 16.1. The number of aryl methyl sites for hydroxylation is 1. The van der Waals surface area contributed by atoms with Crippen LogP contribution in [0.5, 0.6) is 0 Å². The van der Waals surface area contributed by atoms with E-state index in [1.54, 1.807) is 0 Å². The molecule has 2 rings (SSSR count). The van der Waals surface area contributed by atoms with E-state index in [2.05, 4.69) is 69.1 Å². The van der Waals surface area contributed by atoms with E-state index < -0.39 is 0 Å². The van der Waals surface area contributed by atoms with E-state index in [0.29, 0.717) is 6.54 Å².